The molecule has 7 heteroatoms. The zero-order valence-electron chi connectivity index (χ0n) is 17.4. The van der Waals surface area contributed by atoms with Crippen molar-refractivity contribution in [3.8, 4) is 0 Å². The number of benzene rings is 2. The summed E-state index contributed by atoms with van der Waals surface area (Å²) < 4.78 is 1.01. The van der Waals surface area contributed by atoms with Gasteiger partial charge in [-0.15, -0.1) is 0 Å². The number of amides is 3. The molecule has 3 amide bonds. The highest BCUT2D eigenvalue weighted by atomic mass is 79.9. The number of anilines is 1. The van der Waals surface area contributed by atoms with Gasteiger partial charge in [-0.25, -0.2) is 0 Å². The van der Waals surface area contributed by atoms with Crippen LogP contribution in [0.4, 0.5) is 5.69 Å². The van der Waals surface area contributed by atoms with Crippen molar-refractivity contribution in [2.24, 2.45) is 0 Å². The third kappa shape index (κ3) is 3.26. The Bertz CT molecular complexity index is 1080. The summed E-state index contributed by atoms with van der Waals surface area (Å²) in [7, 11) is 0. The molecule has 0 aromatic heterocycles. The average Bonchev–Trinajstić information content (AvgIpc) is 3.46. The molecule has 2 fully saturated rings. The minimum absolute atomic E-state index is 0.0177. The number of hydrogen-bond acceptors (Lipinski definition) is 3. The molecule has 5 rings (SSSR count). The van der Waals surface area contributed by atoms with Crippen LogP contribution in [0.15, 0.2) is 53.0 Å². The lowest BCUT2D eigenvalue weighted by Crippen LogP contribution is -2.62. The molecule has 1 atom stereocenters. The van der Waals surface area contributed by atoms with E-state index in [1.807, 2.05) is 43.3 Å². The van der Waals surface area contributed by atoms with Crippen LogP contribution in [0, 0.1) is 0 Å². The molecule has 3 aliphatic rings. The third-order valence-corrected chi connectivity index (χ3v) is 7.36. The number of hydrogen-bond donors (Lipinski definition) is 1. The van der Waals surface area contributed by atoms with Crippen molar-refractivity contribution >= 4 is 39.3 Å². The van der Waals surface area contributed by atoms with Crippen LogP contribution in [0.1, 0.15) is 54.9 Å². The first-order valence-electron chi connectivity index (χ1n) is 10.7. The lowest BCUT2D eigenvalue weighted by atomic mass is 9.98. The fourth-order valence-corrected chi connectivity index (χ4v) is 5.23. The topological polar surface area (TPSA) is 69.7 Å². The largest absolute Gasteiger partial charge is 0.347 e. The Morgan fingerprint density at radius 1 is 1.06 bits per heavy atom. The highest BCUT2D eigenvalue weighted by Gasteiger charge is 2.53. The van der Waals surface area contributed by atoms with Crippen molar-refractivity contribution in [3.63, 3.8) is 0 Å². The molecule has 0 bridgehead atoms. The summed E-state index contributed by atoms with van der Waals surface area (Å²) in [6.45, 7) is 2.20. The van der Waals surface area contributed by atoms with Gasteiger partial charge in [0.1, 0.15) is 5.66 Å². The maximum absolute atomic E-state index is 13.3. The standard InChI is InChI=1S/C24H24BrN3O3/c1-23-12-10-21(30)28(23)19-5-3-2-4-18(19)22(31)27(23)15-11-20(29)26-24(13-14-24)16-6-8-17(25)9-7-16/h2-9H,10-15H2,1H3,(H,26,29). The molecule has 160 valence electrons. The van der Waals surface area contributed by atoms with E-state index in [9.17, 15) is 14.4 Å². The van der Waals surface area contributed by atoms with Gasteiger partial charge in [-0.05, 0) is 56.0 Å². The van der Waals surface area contributed by atoms with E-state index in [4.69, 9.17) is 0 Å². The van der Waals surface area contributed by atoms with Crippen molar-refractivity contribution in [1.82, 2.24) is 10.2 Å². The molecule has 31 heavy (non-hydrogen) atoms. The van der Waals surface area contributed by atoms with Gasteiger partial charge in [-0.1, -0.05) is 40.2 Å². The van der Waals surface area contributed by atoms with Gasteiger partial charge in [0.05, 0.1) is 16.8 Å². The number of carbonyl (C=O) groups excluding carboxylic acids is 3. The average molecular weight is 482 g/mol. The lowest BCUT2D eigenvalue weighted by molar-refractivity contribution is -0.122. The van der Waals surface area contributed by atoms with Crippen LogP contribution in [0.5, 0.6) is 0 Å². The minimum Gasteiger partial charge on any atom is -0.347 e. The van der Waals surface area contributed by atoms with E-state index < -0.39 is 5.66 Å². The molecule has 0 spiro atoms. The summed E-state index contributed by atoms with van der Waals surface area (Å²) in [6.07, 6.45) is 2.99. The molecule has 2 aliphatic heterocycles. The van der Waals surface area contributed by atoms with Gasteiger partial charge in [-0.2, -0.15) is 0 Å². The van der Waals surface area contributed by atoms with Gasteiger partial charge in [0, 0.05) is 23.9 Å². The van der Waals surface area contributed by atoms with Gasteiger partial charge in [-0.3, -0.25) is 19.3 Å². The van der Waals surface area contributed by atoms with Crippen LogP contribution < -0.4 is 10.2 Å². The van der Waals surface area contributed by atoms with Gasteiger partial charge >= 0.3 is 0 Å². The van der Waals surface area contributed by atoms with Crippen LogP contribution in [-0.2, 0) is 15.1 Å². The van der Waals surface area contributed by atoms with Crippen LogP contribution >= 0.6 is 15.9 Å². The summed E-state index contributed by atoms with van der Waals surface area (Å²) in [5.41, 5.74) is 1.27. The van der Waals surface area contributed by atoms with E-state index in [0.717, 1.165) is 22.9 Å². The molecular formula is C24H24BrN3O3. The molecule has 2 aromatic carbocycles. The summed E-state index contributed by atoms with van der Waals surface area (Å²) in [4.78, 5) is 42.2. The fourth-order valence-electron chi connectivity index (χ4n) is 4.96. The van der Waals surface area contributed by atoms with Crippen molar-refractivity contribution in [1.29, 1.82) is 0 Å². The van der Waals surface area contributed by atoms with E-state index >= 15 is 0 Å². The number of rotatable bonds is 5. The van der Waals surface area contributed by atoms with Gasteiger partial charge in [0.15, 0.2) is 0 Å². The molecule has 1 aliphatic carbocycles. The number of fused-ring (bicyclic) bond motifs is 3. The summed E-state index contributed by atoms with van der Waals surface area (Å²) >= 11 is 3.45. The molecule has 1 N–H and O–H groups in total. The van der Waals surface area contributed by atoms with E-state index in [1.54, 1.807) is 21.9 Å². The Hall–Kier alpha value is -2.67. The number of halogens is 1. The minimum atomic E-state index is -0.730. The Morgan fingerprint density at radius 3 is 2.48 bits per heavy atom. The molecule has 1 saturated carbocycles. The monoisotopic (exact) mass is 481 g/mol. The number of nitrogens with one attached hydrogen (secondary N) is 1. The van der Waals surface area contributed by atoms with Crippen molar-refractivity contribution in [2.45, 2.75) is 50.2 Å². The lowest BCUT2D eigenvalue weighted by Gasteiger charge is -2.48. The first-order valence-corrected chi connectivity index (χ1v) is 11.4. The predicted octanol–water partition coefficient (Wildman–Crippen LogP) is 3.94. The second-order valence-corrected chi connectivity index (χ2v) is 9.72. The third-order valence-electron chi connectivity index (χ3n) is 6.83. The first-order chi connectivity index (χ1) is 14.8. The molecule has 1 unspecified atom stereocenters. The van der Waals surface area contributed by atoms with Gasteiger partial charge < -0.3 is 10.2 Å². The second kappa shape index (κ2) is 7.19. The Morgan fingerprint density at radius 2 is 1.77 bits per heavy atom. The predicted molar refractivity (Wildman–Crippen MR) is 120 cm³/mol. The maximum atomic E-state index is 13.3. The Balaban J connectivity index is 1.33. The van der Waals surface area contributed by atoms with E-state index in [-0.39, 0.29) is 36.2 Å². The molecule has 0 radical (unpaired) electrons. The molecule has 2 aromatic rings. The van der Waals surface area contributed by atoms with E-state index in [0.29, 0.717) is 24.1 Å². The second-order valence-electron chi connectivity index (χ2n) is 8.81. The first kappa shape index (κ1) is 20.2. The van der Waals surface area contributed by atoms with E-state index in [2.05, 4.69) is 21.2 Å². The summed E-state index contributed by atoms with van der Waals surface area (Å²) in [5, 5.41) is 3.18. The Kier molecular flexibility index (Phi) is 4.70. The van der Waals surface area contributed by atoms with Crippen LogP contribution in [0.25, 0.3) is 0 Å². The van der Waals surface area contributed by atoms with Crippen LogP contribution in [-0.4, -0.2) is 34.8 Å². The SMILES string of the molecule is CC12CCC(=O)N1c1ccccc1C(=O)N2CCC(=O)NC1(c2ccc(Br)cc2)CC1. The van der Waals surface area contributed by atoms with E-state index in [1.165, 1.54) is 0 Å². The van der Waals surface area contributed by atoms with Crippen LogP contribution in [0.2, 0.25) is 0 Å². The molecular weight excluding hydrogens is 458 g/mol. The number of nitrogens with zero attached hydrogens (tertiary/aromatic N) is 2. The van der Waals surface area contributed by atoms with Crippen LogP contribution in [0.3, 0.4) is 0 Å². The highest BCUT2D eigenvalue weighted by molar-refractivity contribution is 9.10. The highest BCUT2D eigenvalue weighted by Crippen LogP contribution is 2.46. The molecule has 1 saturated heterocycles. The number of carbonyl (C=O) groups is 3. The van der Waals surface area contributed by atoms with Crippen molar-refractivity contribution in [2.75, 3.05) is 11.4 Å². The zero-order chi connectivity index (χ0) is 21.8. The van der Waals surface area contributed by atoms with Crippen molar-refractivity contribution in [3.05, 3.63) is 64.1 Å². The number of para-hydroxylation sites is 1. The summed E-state index contributed by atoms with van der Waals surface area (Å²) in [5.74, 6) is -0.179. The van der Waals surface area contributed by atoms with Gasteiger partial charge in [0.25, 0.3) is 5.91 Å². The maximum Gasteiger partial charge on any atom is 0.257 e. The normalized spacial score (nSPS) is 23.4. The summed E-state index contributed by atoms with van der Waals surface area (Å²) in [6, 6.07) is 15.3. The smallest absolute Gasteiger partial charge is 0.257 e. The fraction of sp³-hybridized carbons (Fsp3) is 0.375. The van der Waals surface area contributed by atoms with Crippen molar-refractivity contribution < 1.29 is 14.4 Å². The molecule has 6 nitrogen and oxygen atoms in total. The quantitative estimate of drug-likeness (QED) is 0.702. The zero-order valence-corrected chi connectivity index (χ0v) is 18.9. The molecule has 2 heterocycles. The Labute approximate surface area is 189 Å². The van der Waals surface area contributed by atoms with Gasteiger partial charge in [0.2, 0.25) is 11.8 Å².